The largest absolute Gasteiger partial charge is 0.467 e. The molecule has 1 aromatic carbocycles. The first-order valence-electron chi connectivity index (χ1n) is 14.6. The number of methoxy groups -OCH3 is 1. The van der Waals surface area contributed by atoms with Crippen molar-refractivity contribution in [2.24, 2.45) is 23.5 Å². The number of carbonyl (C=O) groups is 5. The Kier molecular flexibility index (Phi) is 15.9. The summed E-state index contributed by atoms with van der Waals surface area (Å²) in [5.41, 5.74) is 11.7. The molecular formula is C30H50N6O7. The van der Waals surface area contributed by atoms with Gasteiger partial charge in [0.15, 0.2) is 0 Å². The van der Waals surface area contributed by atoms with Crippen LogP contribution in [0.15, 0.2) is 30.3 Å². The van der Waals surface area contributed by atoms with Gasteiger partial charge in [0.1, 0.15) is 18.1 Å². The molecule has 8 N–H and O–H groups in total. The zero-order chi connectivity index (χ0) is 32.9. The summed E-state index contributed by atoms with van der Waals surface area (Å²) in [5, 5.41) is 19.1. The van der Waals surface area contributed by atoms with Gasteiger partial charge in [-0.25, -0.2) is 10.2 Å². The van der Waals surface area contributed by atoms with Crippen molar-refractivity contribution in [3.8, 4) is 0 Å². The minimum Gasteiger partial charge on any atom is -0.467 e. The van der Waals surface area contributed by atoms with Gasteiger partial charge in [0, 0.05) is 5.92 Å². The molecule has 13 heteroatoms. The number of nitrogens with one attached hydrogen (secondary N) is 5. The quantitative estimate of drug-likeness (QED) is 0.0935. The number of amides is 4. The molecule has 1 rings (SSSR count). The summed E-state index contributed by atoms with van der Waals surface area (Å²) in [6.07, 6.45) is -0.860. The van der Waals surface area contributed by atoms with Crippen LogP contribution in [0.25, 0.3) is 0 Å². The van der Waals surface area contributed by atoms with Gasteiger partial charge in [-0.15, -0.1) is 0 Å². The number of aliphatic hydroxyl groups excluding tert-OH is 1. The minimum atomic E-state index is -1.13. The smallest absolute Gasteiger partial charge is 0.328 e. The van der Waals surface area contributed by atoms with Gasteiger partial charge >= 0.3 is 5.97 Å². The van der Waals surface area contributed by atoms with Gasteiger partial charge in [-0.2, -0.15) is 0 Å². The van der Waals surface area contributed by atoms with Gasteiger partial charge in [-0.1, -0.05) is 65.0 Å². The molecule has 0 radical (unpaired) electrons. The summed E-state index contributed by atoms with van der Waals surface area (Å²) in [5.74, 6) is -3.71. The van der Waals surface area contributed by atoms with E-state index in [0.29, 0.717) is 0 Å². The molecule has 0 aliphatic carbocycles. The van der Waals surface area contributed by atoms with Gasteiger partial charge in [0.2, 0.25) is 23.6 Å². The lowest BCUT2D eigenvalue weighted by atomic mass is 9.93. The van der Waals surface area contributed by atoms with Crippen molar-refractivity contribution in [1.82, 2.24) is 26.8 Å². The molecule has 7 atom stereocenters. The topological polar surface area (TPSA) is 201 Å². The summed E-state index contributed by atoms with van der Waals surface area (Å²) >= 11 is 0. The molecule has 43 heavy (non-hydrogen) atoms. The van der Waals surface area contributed by atoms with Crippen molar-refractivity contribution in [2.75, 3.05) is 7.11 Å². The molecule has 0 heterocycles. The maximum atomic E-state index is 13.0. The molecule has 13 nitrogen and oxygen atoms in total. The Labute approximate surface area is 254 Å². The highest BCUT2D eigenvalue weighted by Gasteiger charge is 2.32. The summed E-state index contributed by atoms with van der Waals surface area (Å²) in [4.78, 5) is 62.8. The van der Waals surface area contributed by atoms with Crippen LogP contribution in [0.1, 0.15) is 60.5 Å². The average molecular weight is 607 g/mol. The van der Waals surface area contributed by atoms with E-state index in [0.717, 1.165) is 5.56 Å². The molecule has 1 unspecified atom stereocenters. The van der Waals surface area contributed by atoms with E-state index in [1.807, 2.05) is 30.3 Å². The predicted octanol–water partition coefficient (Wildman–Crippen LogP) is -0.0879. The molecular weight excluding hydrogens is 556 g/mol. The number of esters is 1. The van der Waals surface area contributed by atoms with Gasteiger partial charge in [0.25, 0.3) is 0 Å². The summed E-state index contributed by atoms with van der Waals surface area (Å²) in [6.45, 7) is 11.8. The molecule has 0 spiro atoms. The minimum absolute atomic E-state index is 0.0117. The van der Waals surface area contributed by atoms with Crippen molar-refractivity contribution in [3.63, 3.8) is 0 Å². The van der Waals surface area contributed by atoms with Crippen LogP contribution in [-0.2, 0) is 35.1 Å². The first-order chi connectivity index (χ1) is 20.1. The Morgan fingerprint density at radius 3 is 1.88 bits per heavy atom. The van der Waals surface area contributed by atoms with Crippen LogP contribution in [0, 0.1) is 17.8 Å². The molecule has 0 aliphatic rings. The normalized spacial score (nSPS) is 16.2. The Morgan fingerprint density at radius 2 is 1.37 bits per heavy atom. The summed E-state index contributed by atoms with van der Waals surface area (Å²) in [6, 6.07) is 5.06. The van der Waals surface area contributed by atoms with E-state index < -0.39 is 71.8 Å². The fourth-order valence-electron chi connectivity index (χ4n) is 4.18. The molecule has 0 saturated carbocycles. The second-order valence-electron chi connectivity index (χ2n) is 11.6. The maximum absolute atomic E-state index is 13.0. The highest BCUT2D eigenvalue weighted by atomic mass is 16.5. The van der Waals surface area contributed by atoms with E-state index in [-0.39, 0.29) is 24.7 Å². The Balaban J connectivity index is 2.91. The second kappa shape index (κ2) is 18.2. The molecule has 1 aromatic rings. The highest BCUT2D eigenvalue weighted by Crippen LogP contribution is 2.15. The SMILES string of the molecule is COC(=O)[C@@H](NC(=O)[C@@H](NNC(=O)[C@@H](C)C[C@H](O)C(Cc1ccccc1)NC(=O)[C@H](C)NC(=O)[C@H](C)N)C(C)C)C(C)C. The van der Waals surface area contributed by atoms with Gasteiger partial charge in [0.05, 0.1) is 25.3 Å². The van der Waals surface area contributed by atoms with Crippen LogP contribution in [0.5, 0.6) is 0 Å². The third kappa shape index (κ3) is 12.7. The van der Waals surface area contributed by atoms with E-state index in [4.69, 9.17) is 10.5 Å². The molecule has 0 saturated heterocycles. The third-order valence-electron chi connectivity index (χ3n) is 7.02. The van der Waals surface area contributed by atoms with Crippen molar-refractivity contribution >= 4 is 29.6 Å². The first kappa shape index (κ1) is 37.5. The van der Waals surface area contributed by atoms with Crippen molar-refractivity contribution in [3.05, 3.63) is 35.9 Å². The van der Waals surface area contributed by atoms with Crippen LogP contribution in [0.3, 0.4) is 0 Å². The molecule has 0 fully saturated rings. The zero-order valence-electron chi connectivity index (χ0n) is 26.5. The number of carbonyl (C=O) groups excluding carboxylic acids is 5. The fraction of sp³-hybridized carbons (Fsp3) is 0.633. The molecule has 0 bridgehead atoms. The van der Waals surface area contributed by atoms with E-state index in [9.17, 15) is 29.1 Å². The Morgan fingerprint density at radius 1 is 0.791 bits per heavy atom. The number of ether oxygens (including phenoxy) is 1. The number of rotatable bonds is 17. The van der Waals surface area contributed by atoms with Crippen molar-refractivity contribution in [1.29, 1.82) is 0 Å². The zero-order valence-corrected chi connectivity index (χ0v) is 26.5. The number of nitrogens with two attached hydrogens (primary N) is 1. The molecule has 0 aromatic heterocycles. The third-order valence-corrected chi connectivity index (χ3v) is 7.02. The number of hydrazine groups is 1. The van der Waals surface area contributed by atoms with Gasteiger partial charge in [-0.3, -0.25) is 24.6 Å². The van der Waals surface area contributed by atoms with E-state index in [2.05, 4.69) is 26.8 Å². The van der Waals surface area contributed by atoms with Crippen molar-refractivity contribution < 1.29 is 33.8 Å². The molecule has 0 aliphatic heterocycles. The van der Waals surface area contributed by atoms with Crippen LogP contribution < -0.4 is 32.5 Å². The highest BCUT2D eigenvalue weighted by molar-refractivity contribution is 5.89. The van der Waals surface area contributed by atoms with E-state index in [1.54, 1.807) is 34.6 Å². The fourth-order valence-corrected chi connectivity index (χ4v) is 4.18. The summed E-state index contributed by atoms with van der Waals surface area (Å²) in [7, 11) is 1.24. The van der Waals surface area contributed by atoms with Gasteiger partial charge in [-0.05, 0) is 44.1 Å². The monoisotopic (exact) mass is 606 g/mol. The average Bonchev–Trinajstić information content (AvgIpc) is 2.94. The summed E-state index contributed by atoms with van der Waals surface area (Å²) < 4.78 is 4.78. The maximum Gasteiger partial charge on any atom is 0.328 e. The van der Waals surface area contributed by atoms with E-state index in [1.165, 1.54) is 21.0 Å². The number of hydrogen-bond donors (Lipinski definition) is 7. The first-order valence-corrected chi connectivity index (χ1v) is 14.6. The molecule has 4 amide bonds. The number of benzene rings is 1. The van der Waals surface area contributed by atoms with Crippen LogP contribution in [0.4, 0.5) is 0 Å². The Bertz CT molecular complexity index is 1070. The Hall–Kier alpha value is -3.55. The standard InChI is InChI=1S/C30H50N6O7/c1-16(2)24(29(41)34-25(17(3)4)30(42)43-8)35-36-26(38)18(5)14-23(37)22(15-21-12-10-9-11-13-21)33-28(40)20(7)32-27(39)19(6)31/h9-13,16-20,22-25,35,37H,14-15,31H2,1-8H3,(H,32,39)(H,33,40)(H,34,41)(H,36,38)/t18-,19-,20-,22?,23-,24-,25-/m0/s1. The lowest BCUT2D eigenvalue weighted by Gasteiger charge is -2.29. The second-order valence-corrected chi connectivity index (χ2v) is 11.6. The lowest BCUT2D eigenvalue weighted by molar-refractivity contribution is -0.147. The van der Waals surface area contributed by atoms with E-state index >= 15 is 0 Å². The van der Waals surface area contributed by atoms with Gasteiger partial charge < -0.3 is 31.5 Å². The van der Waals surface area contributed by atoms with Crippen LogP contribution in [-0.4, -0.2) is 78.1 Å². The molecule has 242 valence electrons. The predicted molar refractivity (Wildman–Crippen MR) is 162 cm³/mol. The lowest BCUT2D eigenvalue weighted by Crippen LogP contribution is -2.58. The van der Waals surface area contributed by atoms with Crippen LogP contribution >= 0.6 is 0 Å². The van der Waals surface area contributed by atoms with Crippen LogP contribution in [0.2, 0.25) is 0 Å². The van der Waals surface area contributed by atoms with Crippen molar-refractivity contribution in [2.45, 2.75) is 97.6 Å². The number of hydrogen-bond acceptors (Lipinski definition) is 9. The number of aliphatic hydroxyl groups is 1.